The van der Waals surface area contributed by atoms with Crippen molar-refractivity contribution in [3.05, 3.63) is 72.8 Å². The molecule has 3 atom stereocenters. The Morgan fingerprint density at radius 2 is 0.706 bits per heavy atom. The largest absolute Gasteiger partial charge is 0.497 e. The van der Waals surface area contributed by atoms with E-state index in [4.69, 9.17) is 60.3 Å². The van der Waals surface area contributed by atoms with Gasteiger partial charge in [0.2, 0.25) is 0 Å². The van der Waals surface area contributed by atoms with Gasteiger partial charge in [0.05, 0.1) is 75.8 Å². The van der Waals surface area contributed by atoms with Gasteiger partial charge in [0.25, 0.3) is 0 Å². The molecule has 4 rings (SSSR count). The molecule has 18 heteroatoms. The van der Waals surface area contributed by atoms with E-state index in [0.717, 1.165) is 0 Å². The quantitative estimate of drug-likeness (QED) is 0.143. The topological polar surface area (TPSA) is 116 Å². The summed E-state index contributed by atoms with van der Waals surface area (Å²) >= 11 is 15.9. The van der Waals surface area contributed by atoms with E-state index < -0.39 is 26.3 Å². The Balaban J connectivity index is 1.29. The second-order valence-electron chi connectivity index (χ2n) is 11.5. The van der Waals surface area contributed by atoms with Gasteiger partial charge in [-0.25, -0.2) is 12.6 Å². The summed E-state index contributed by atoms with van der Waals surface area (Å²) in [6.07, 6.45) is 1.83. The SMILES string of the molecule is COc1ccc(S(=O)(=S)OCCCN2CN(CCCOS(=O)(=S)c3ccc(OC)cc3)CN(CCCOS(=O)(=S)c3ccc(OC)cc3)C2)cc1. The number of nitrogens with zero attached hydrogens (tertiary/aromatic N) is 3. The zero-order valence-corrected chi connectivity index (χ0v) is 33.8. The summed E-state index contributed by atoms with van der Waals surface area (Å²) in [6.45, 7) is 4.71. The van der Waals surface area contributed by atoms with Crippen molar-refractivity contribution in [1.82, 2.24) is 14.7 Å². The number of hydrogen-bond acceptors (Lipinski definition) is 15. The molecule has 3 aromatic rings. The predicted octanol–water partition coefficient (Wildman–Crippen LogP) is 4.19. The van der Waals surface area contributed by atoms with Gasteiger partial charge < -0.3 is 14.2 Å². The zero-order chi connectivity index (χ0) is 36.9. The van der Waals surface area contributed by atoms with E-state index in [1.54, 1.807) is 94.1 Å². The molecule has 0 saturated carbocycles. The van der Waals surface area contributed by atoms with Crippen molar-refractivity contribution in [2.45, 2.75) is 33.9 Å². The number of rotatable bonds is 21. The molecule has 1 saturated heterocycles. The molecule has 0 aromatic heterocycles. The average molecular weight is 820 g/mol. The molecule has 0 radical (unpaired) electrons. The number of ether oxygens (including phenoxy) is 3. The van der Waals surface area contributed by atoms with Crippen LogP contribution in [0, 0.1) is 0 Å². The van der Waals surface area contributed by atoms with Crippen LogP contribution in [0.1, 0.15) is 19.3 Å². The molecule has 0 aliphatic carbocycles. The lowest BCUT2D eigenvalue weighted by Crippen LogP contribution is -2.55. The maximum atomic E-state index is 13.0. The first kappa shape index (κ1) is 41.7. The lowest BCUT2D eigenvalue weighted by Gasteiger charge is -2.42. The minimum absolute atomic E-state index is 0.226. The van der Waals surface area contributed by atoms with Crippen LogP contribution in [0.4, 0.5) is 0 Å². The van der Waals surface area contributed by atoms with Crippen molar-refractivity contribution in [3.63, 3.8) is 0 Å². The summed E-state index contributed by atoms with van der Waals surface area (Å²) in [7, 11) is -4.55. The highest BCUT2D eigenvalue weighted by Gasteiger charge is 2.24. The zero-order valence-electron chi connectivity index (χ0n) is 28.9. The van der Waals surface area contributed by atoms with E-state index in [9.17, 15) is 12.6 Å². The summed E-state index contributed by atoms with van der Waals surface area (Å²) in [4.78, 5) is 8.07. The smallest absolute Gasteiger partial charge is 0.173 e. The van der Waals surface area contributed by atoms with E-state index in [1.807, 2.05) is 0 Å². The molecule has 0 bridgehead atoms. The van der Waals surface area contributed by atoms with E-state index in [1.165, 1.54) is 0 Å². The van der Waals surface area contributed by atoms with E-state index in [0.29, 0.717) is 90.8 Å². The summed E-state index contributed by atoms with van der Waals surface area (Å²) in [5.41, 5.74) is 0. The molecule has 1 heterocycles. The van der Waals surface area contributed by atoms with Gasteiger partial charge in [-0.2, -0.15) is 0 Å². The van der Waals surface area contributed by atoms with Gasteiger partial charge in [0.15, 0.2) is 26.3 Å². The van der Waals surface area contributed by atoms with Crippen LogP contribution in [0.15, 0.2) is 87.5 Å². The Labute approximate surface area is 316 Å². The molecule has 3 unspecified atom stereocenters. The predicted molar refractivity (Wildman–Crippen MR) is 207 cm³/mol. The van der Waals surface area contributed by atoms with Gasteiger partial charge in [-0.05, 0) is 92.1 Å². The van der Waals surface area contributed by atoms with Gasteiger partial charge >= 0.3 is 0 Å². The number of hydrogen-bond donors (Lipinski definition) is 0. The molecule has 0 spiro atoms. The molecule has 12 nitrogen and oxygen atoms in total. The van der Waals surface area contributed by atoms with Gasteiger partial charge in [0.1, 0.15) is 17.2 Å². The summed E-state index contributed by atoms with van der Waals surface area (Å²) in [5.74, 6) is 1.93. The van der Waals surface area contributed by atoms with Crippen molar-refractivity contribution in [2.24, 2.45) is 0 Å². The Bertz CT molecular complexity index is 1620. The van der Waals surface area contributed by atoms with Crippen molar-refractivity contribution < 1.29 is 39.4 Å². The first-order chi connectivity index (χ1) is 24.3. The Hall–Kier alpha value is -2.07. The van der Waals surface area contributed by atoms with Crippen molar-refractivity contribution in [2.75, 3.05) is 80.8 Å². The third-order valence-electron chi connectivity index (χ3n) is 7.82. The lowest BCUT2D eigenvalue weighted by atomic mass is 10.3. The number of benzene rings is 3. The molecule has 1 fully saturated rings. The molecule has 3 aromatic carbocycles. The maximum absolute atomic E-state index is 13.0. The van der Waals surface area contributed by atoms with Crippen LogP contribution in [0.25, 0.3) is 0 Å². The monoisotopic (exact) mass is 819 g/mol. The third-order valence-corrected chi connectivity index (χ3v) is 14.4. The Morgan fingerprint density at radius 1 is 0.471 bits per heavy atom. The second kappa shape index (κ2) is 19.8. The van der Waals surface area contributed by atoms with E-state index in [2.05, 4.69) is 14.7 Å². The molecule has 51 heavy (non-hydrogen) atoms. The minimum Gasteiger partial charge on any atom is -0.497 e. The fraction of sp³-hybridized carbons (Fsp3) is 0.455. The van der Waals surface area contributed by atoms with Crippen LogP contribution in [0.5, 0.6) is 17.2 Å². The summed E-state index contributed by atoms with van der Waals surface area (Å²) in [6, 6.07) is 20.2. The van der Waals surface area contributed by atoms with Gasteiger partial charge in [-0.15, -0.1) is 0 Å². The van der Waals surface area contributed by atoms with Crippen LogP contribution in [-0.4, -0.2) is 108 Å². The summed E-state index contributed by atoms with van der Waals surface area (Å²) < 4.78 is 71.7. The standard InChI is InChI=1S/C33H45N3O9S6/c1-40-28-7-13-31(14-8-28)49(37,46)43-22-4-19-34-25-35(20-5-23-44-50(38,47)32-15-9-29(41-2)10-16-32)27-36(26-34)21-6-24-45-51(39,48)33-17-11-30(42-3)12-18-33/h7-18H,4-6,19-27H2,1-3H3. The lowest BCUT2D eigenvalue weighted by molar-refractivity contribution is -0.0334. The highest BCUT2D eigenvalue weighted by Crippen LogP contribution is 2.21. The molecule has 0 N–H and O–H groups in total. The van der Waals surface area contributed by atoms with Crippen molar-refractivity contribution >= 4 is 59.9 Å². The second-order valence-corrected chi connectivity index (χ2v) is 20.3. The average Bonchev–Trinajstić information content (AvgIpc) is 3.14. The van der Waals surface area contributed by atoms with Crippen LogP contribution < -0.4 is 14.2 Å². The van der Waals surface area contributed by atoms with Crippen molar-refractivity contribution in [1.29, 1.82) is 0 Å². The Kier molecular flexibility index (Phi) is 16.2. The normalized spacial score (nSPS) is 17.9. The first-order valence-electron chi connectivity index (χ1n) is 16.1. The molecule has 1 aliphatic heterocycles. The highest BCUT2D eigenvalue weighted by molar-refractivity contribution is 8.30. The Morgan fingerprint density at radius 3 is 0.922 bits per heavy atom. The molecule has 1 aliphatic rings. The van der Waals surface area contributed by atoms with Gasteiger partial charge in [-0.3, -0.25) is 27.2 Å². The van der Waals surface area contributed by atoms with Crippen LogP contribution >= 0.6 is 0 Å². The van der Waals surface area contributed by atoms with E-state index in [-0.39, 0.29) is 19.8 Å². The van der Waals surface area contributed by atoms with Gasteiger partial charge in [0, 0.05) is 53.2 Å². The molecular weight excluding hydrogens is 775 g/mol. The summed E-state index contributed by atoms with van der Waals surface area (Å²) in [5, 5.41) is 0. The fourth-order valence-electron chi connectivity index (χ4n) is 5.21. The number of methoxy groups -OCH3 is 3. The minimum atomic E-state index is -3.08. The molecule has 0 amide bonds. The molecular formula is C33H45N3O9S6. The van der Waals surface area contributed by atoms with Crippen molar-refractivity contribution in [3.8, 4) is 17.2 Å². The van der Waals surface area contributed by atoms with Crippen LogP contribution in [0.3, 0.4) is 0 Å². The van der Waals surface area contributed by atoms with Crippen LogP contribution in [0.2, 0.25) is 0 Å². The molecule has 282 valence electrons. The fourth-order valence-corrected chi connectivity index (χ4v) is 9.65. The van der Waals surface area contributed by atoms with E-state index >= 15 is 0 Å². The van der Waals surface area contributed by atoms with Crippen LogP contribution in [-0.2, 0) is 72.4 Å². The first-order valence-corrected chi connectivity index (χ1v) is 23.4. The van der Waals surface area contributed by atoms with Gasteiger partial charge in [-0.1, -0.05) is 0 Å². The third kappa shape index (κ3) is 13.1. The highest BCUT2D eigenvalue weighted by atomic mass is 32.9. The maximum Gasteiger partial charge on any atom is 0.173 e.